The van der Waals surface area contributed by atoms with Gasteiger partial charge in [-0.3, -0.25) is 10.4 Å². The summed E-state index contributed by atoms with van der Waals surface area (Å²) in [6.07, 6.45) is 6.00. The van der Waals surface area contributed by atoms with Crippen molar-refractivity contribution in [1.82, 2.24) is 24.5 Å². The highest BCUT2D eigenvalue weighted by Crippen LogP contribution is 2.42. The molecule has 0 spiro atoms. The van der Waals surface area contributed by atoms with Crippen LogP contribution in [-0.2, 0) is 17.0 Å². The molecule has 1 atom stereocenters. The minimum atomic E-state index is -2.10. The molecule has 0 bridgehead atoms. The van der Waals surface area contributed by atoms with E-state index in [2.05, 4.69) is 21.9 Å². The number of halogens is 2. The number of hydrogen-bond donors (Lipinski definition) is 2. The molecule has 1 amide bonds. The Morgan fingerprint density at radius 2 is 1.93 bits per heavy atom. The Bertz CT molecular complexity index is 1620. The monoisotopic (exact) mass is 579 g/mol. The summed E-state index contributed by atoms with van der Waals surface area (Å²) in [7, 11) is 1.49. The fourth-order valence-electron chi connectivity index (χ4n) is 5.49. The number of ether oxygens (including phenoxy) is 2. The number of hydrogen-bond acceptors (Lipinski definition) is 8. The molecule has 214 valence electrons. The summed E-state index contributed by atoms with van der Waals surface area (Å²) in [5.74, 6) is 0.497. The third-order valence-electron chi connectivity index (χ3n) is 7.60. The molecule has 1 aromatic carbocycles. The molecule has 3 N–H and O–H groups in total. The van der Waals surface area contributed by atoms with Crippen LogP contribution in [0.1, 0.15) is 56.7 Å². The van der Waals surface area contributed by atoms with Gasteiger partial charge >= 0.3 is 6.09 Å². The van der Waals surface area contributed by atoms with Crippen LogP contribution in [0.2, 0.25) is 5.02 Å². The number of benzene rings is 1. The maximum atomic E-state index is 17.2. The van der Waals surface area contributed by atoms with Gasteiger partial charge in [0, 0.05) is 30.1 Å². The highest BCUT2D eigenvalue weighted by molar-refractivity contribution is 6.30. The number of aromatic nitrogens is 5. The average molecular weight is 580 g/mol. The van der Waals surface area contributed by atoms with Crippen LogP contribution in [0.3, 0.4) is 0 Å². The predicted molar refractivity (Wildman–Crippen MR) is 153 cm³/mol. The molecule has 0 saturated heterocycles. The number of carbonyl (C=O) groups is 1. The molecule has 12 heteroatoms. The molecule has 41 heavy (non-hydrogen) atoms. The van der Waals surface area contributed by atoms with Crippen LogP contribution in [-0.4, -0.2) is 43.6 Å². The van der Waals surface area contributed by atoms with Crippen LogP contribution in [0.5, 0.6) is 5.75 Å². The maximum absolute atomic E-state index is 17.2. The van der Waals surface area contributed by atoms with Crippen LogP contribution in [0, 0.1) is 17.2 Å². The number of primary amides is 1. The molecule has 1 fully saturated rings. The van der Waals surface area contributed by atoms with Crippen molar-refractivity contribution in [3.63, 3.8) is 0 Å². The molecular weight excluding hydrogens is 549 g/mol. The zero-order valence-electron chi connectivity index (χ0n) is 23.0. The van der Waals surface area contributed by atoms with Gasteiger partial charge in [0.05, 0.1) is 12.1 Å². The first kappa shape index (κ1) is 28.4. The highest BCUT2D eigenvalue weighted by atomic mass is 35.5. The first-order chi connectivity index (χ1) is 19.6. The van der Waals surface area contributed by atoms with Crippen LogP contribution >= 0.6 is 11.6 Å². The summed E-state index contributed by atoms with van der Waals surface area (Å²) < 4.78 is 29.3. The number of alkyl halides is 1. The van der Waals surface area contributed by atoms with E-state index < -0.39 is 17.7 Å². The van der Waals surface area contributed by atoms with E-state index in [-0.39, 0.29) is 23.2 Å². The second-order valence-electron chi connectivity index (χ2n) is 10.6. The third-order valence-corrected chi connectivity index (χ3v) is 7.80. The average Bonchev–Trinajstić information content (AvgIpc) is 3.32. The first-order valence-electron chi connectivity index (χ1n) is 13.4. The highest BCUT2D eigenvalue weighted by Gasteiger charge is 2.39. The summed E-state index contributed by atoms with van der Waals surface area (Å²) in [6.45, 7) is 4.17. The largest absolute Gasteiger partial charge is 0.496 e. The van der Waals surface area contributed by atoms with E-state index in [4.69, 9.17) is 37.2 Å². The van der Waals surface area contributed by atoms with Gasteiger partial charge in [0.1, 0.15) is 17.0 Å². The lowest BCUT2D eigenvalue weighted by molar-refractivity contribution is 0.207. The van der Waals surface area contributed by atoms with Crippen LogP contribution in [0.15, 0.2) is 42.7 Å². The molecule has 0 radical (unpaired) electrons. The van der Waals surface area contributed by atoms with Crippen LogP contribution in [0.4, 0.5) is 9.18 Å². The number of amides is 1. The van der Waals surface area contributed by atoms with Gasteiger partial charge in [0.25, 0.3) is 5.90 Å². The number of pyridine rings is 1. The second-order valence-corrected chi connectivity index (χ2v) is 11.0. The van der Waals surface area contributed by atoms with Gasteiger partial charge in [0.15, 0.2) is 17.1 Å². The summed E-state index contributed by atoms with van der Waals surface area (Å²) in [6, 6.07) is 8.55. The number of nitrogens with one attached hydrogen (secondary N) is 1. The standard InChI is InChI=1S/C29H31ClFN7O3/c1-16-8-10-17(11-9-16)15-38-23-22(18-12-19(30)14-34-13-18)35-26(24(32)41-28(33)39)36-25(23)37-27(38)29(2,31)20-6-4-5-7-21(20)40-3/h4-7,12-14,16-17,32H,8-11,15H2,1-3H3,(H2,33,39). The van der Waals surface area contributed by atoms with Crippen LogP contribution < -0.4 is 10.5 Å². The minimum absolute atomic E-state index is 0.112. The Labute approximate surface area is 241 Å². The van der Waals surface area contributed by atoms with Crippen molar-refractivity contribution in [2.24, 2.45) is 17.6 Å². The number of fused-ring (bicyclic) bond motifs is 1. The summed E-state index contributed by atoms with van der Waals surface area (Å²) in [4.78, 5) is 29.3. The van der Waals surface area contributed by atoms with Crippen molar-refractivity contribution in [2.45, 2.75) is 51.7 Å². The van der Waals surface area contributed by atoms with Crippen molar-refractivity contribution in [1.29, 1.82) is 5.41 Å². The lowest BCUT2D eigenvalue weighted by Gasteiger charge is -2.29. The van der Waals surface area contributed by atoms with Gasteiger partial charge in [-0.25, -0.2) is 24.1 Å². The van der Waals surface area contributed by atoms with Gasteiger partial charge in [0.2, 0.25) is 5.82 Å². The normalized spacial score (nSPS) is 18.6. The molecule has 5 rings (SSSR count). The summed E-state index contributed by atoms with van der Waals surface area (Å²) in [5.41, 5.74) is 4.74. The van der Waals surface area contributed by atoms with Gasteiger partial charge in [-0.2, -0.15) is 0 Å². The summed E-state index contributed by atoms with van der Waals surface area (Å²) >= 11 is 6.29. The fraction of sp³-hybridized carbons (Fsp3) is 0.379. The minimum Gasteiger partial charge on any atom is -0.496 e. The number of imidazole rings is 1. The number of rotatable bonds is 7. The second kappa shape index (κ2) is 11.4. The molecule has 3 aromatic heterocycles. The van der Waals surface area contributed by atoms with Crippen molar-refractivity contribution < 1.29 is 18.7 Å². The third kappa shape index (κ3) is 5.72. The Kier molecular flexibility index (Phi) is 7.90. The molecule has 1 aliphatic carbocycles. The fourth-order valence-corrected chi connectivity index (χ4v) is 5.66. The number of para-hydroxylation sites is 1. The van der Waals surface area contributed by atoms with Gasteiger partial charge in [-0.15, -0.1) is 0 Å². The van der Waals surface area contributed by atoms with E-state index in [1.54, 1.807) is 36.5 Å². The first-order valence-corrected chi connectivity index (χ1v) is 13.7. The zero-order chi connectivity index (χ0) is 29.3. The van der Waals surface area contributed by atoms with E-state index in [1.807, 2.05) is 4.57 Å². The quantitative estimate of drug-likeness (QED) is 0.201. The Morgan fingerprint density at radius 1 is 1.20 bits per heavy atom. The van der Waals surface area contributed by atoms with Crippen molar-refractivity contribution in [3.8, 4) is 17.0 Å². The molecule has 1 unspecified atom stereocenters. The van der Waals surface area contributed by atoms with E-state index >= 15 is 4.39 Å². The topological polar surface area (TPSA) is 142 Å². The van der Waals surface area contributed by atoms with Gasteiger partial charge in [-0.05, 0) is 43.7 Å². The molecule has 1 aliphatic rings. The number of methoxy groups -OCH3 is 1. The Balaban J connectivity index is 1.79. The van der Waals surface area contributed by atoms with E-state index in [0.29, 0.717) is 45.6 Å². The van der Waals surface area contributed by atoms with E-state index in [9.17, 15) is 4.79 Å². The lowest BCUT2D eigenvalue weighted by Crippen LogP contribution is -2.26. The molecular formula is C29H31ClFN7O3. The van der Waals surface area contributed by atoms with Crippen LogP contribution in [0.25, 0.3) is 22.4 Å². The lowest BCUT2D eigenvalue weighted by atomic mass is 9.83. The number of carbonyl (C=O) groups excluding carboxylic acids is 1. The SMILES string of the molecule is COc1ccccc1C(C)(F)c1nc2nc(C(=N)OC(N)=O)nc(-c3cncc(Cl)c3)c2n1CC1CCC(C)CC1. The Morgan fingerprint density at radius 3 is 2.61 bits per heavy atom. The number of nitrogens with zero attached hydrogens (tertiary/aromatic N) is 5. The molecule has 3 heterocycles. The number of nitrogens with two attached hydrogens (primary N) is 1. The molecule has 4 aromatic rings. The van der Waals surface area contributed by atoms with E-state index in [0.717, 1.165) is 25.7 Å². The molecule has 0 aliphatic heterocycles. The summed E-state index contributed by atoms with van der Waals surface area (Å²) in [5, 5.41) is 8.57. The Hall–Kier alpha value is -4.12. The predicted octanol–water partition coefficient (Wildman–Crippen LogP) is 6.03. The van der Waals surface area contributed by atoms with Crippen molar-refractivity contribution >= 4 is 34.8 Å². The zero-order valence-corrected chi connectivity index (χ0v) is 23.8. The van der Waals surface area contributed by atoms with Gasteiger partial charge < -0.3 is 19.8 Å². The smallest absolute Gasteiger partial charge is 0.411 e. The molecule has 10 nitrogen and oxygen atoms in total. The van der Waals surface area contributed by atoms with E-state index in [1.165, 1.54) is 20.2 Å². The van der Waals surface area contributed by atoms with Crippen molar-refractivity contribution in [2.75, 3.05) is 7.11 Å². The molecule has 1 saturated carbocycles. The maximum Gasteiger partial charge on any atom is 0.411 e. The van der Waals surface area contributed by atoms with Gasteiger partial charge in [-0.1, -0.05) is 49.6 Å². The van der Waals surface area contributed by atoms with Crippen molar-refractivity contribution in [3.05, 3.63) is 65.0 Å².